The van der Waals surface area contributed by atoms with E-state index in [4.69, 9.17) is 4.74 Å². The van der Waals surface area contributed by atoms with Crippen molar-refractivity contribution in [3.63, 3.8) is 0 Å². The summed E-state index contributed by atoms with van der Waals surface area (Å²) >= 11 is 3.39. The van der Waals surface area contributed by atoms with Crippen molar-refractivity contribution in [3.05, 3.63) is 51.9 Å². The van der Waals surface area contributed by atoms with Gasteiger partial charge in [-0.25, -0.2) is 14.2 Å². The fourth-order valence-corrected chi connectivity index (χ4v) is 2.95. The lowest BCUT2D eigenvalue weighted by Gasteiger charge is -2.32. The maximum absolute atomic E-state index is 13.0. The van der Waals surface area contributed by atoms with Crippen LogP contribution in [-0.4, -0.2) is 28.8 Å². The second-order valence-electron chi connectivity index (χ2n) is 5.38. The summed E-state index contributed by atoms with van der Waals surface area (Å²) in [6.45, 7) is 2.04. The van der Waals surface area contributed by atoms with E-state index in [9.17, 15) is 14.3 Å². The Morgan fingerprint density at radius 1 is 1.48 bits per heavy atom. The molecule has 1 aliphatic rings. The lowest BCUT2D eigenvalue weighted by atomic mass is 10.1. The summed E-state index contributed by atoms with van der Waals surface area (Å²) in [5.41, 5.74) is 2.14. The first kappa shape index (κ1) is 15.7. The van der Waals surface area contributed by atoms with E-state index in [1.54, 1.807) is 25.1 Å². The molecule has 2 aromatic rings. The van der Waals surface area contributed by atoms with E-state index >= 15 is 0 Å². The summed E-state index contributed by atoms with van der Waals surface area (Å²) in [5.74, 6) is -0.00381. The van der Waals surface area contributed by atoms with Crippen LogP contribution in [0.3, 0.4) is 0 Å². The van der Waals surface area contributed by atoms with Gasteiger partial charge in [-0.3, -0.25) is 4.90 Å². The highest BCUT2D eigenvalue weighted by Gasteiger charge is 2.31. The van der Waals surface area contributed by atoms with Crippen LogP contribution < -0.4 is 9.64 Å². The number of carboxylic acid groups (broad SMARTS) is 1. The van der Waals surface area contributed by atoms with Crippen molar-refractivity contribution < 1.29 is 19.0 Å². The predicted molar refractivity (Wildman–Crippen MR) is 86.6 cm³/mol. The lowest BCUT2D eigenvalue weighted by molar-refractivity contribution is 0.188. The summed E-state index contributed by atoms with van der Waals surface area (Å²) in [4.78, 5) is 17.1. The highest BCUT2D eigenvalue weighted by molar-refractivity contribution is 9.10. The molecule has 0 spiro atoms. The minimum Gasteiger partial charge on any atom is -0.474 e. The Bertz CT molecular complexity index is 752. The number of hydrogen-bond donors (Lipinski definition) is 1. The van der Waals surface area contributed by atoms with Crippen LogP contribution in [0.1, 0.15) is 18.1 Å². The van der Waals surface area contributed by atoms with Crippen molar-refractivity contribution >= 4 is 27.7 Å². The number of nitrogens with zero attached hydrogens (tertiary/aromatic N) is 2. The highest BCUT2D eigenvalue weighted by atomic mass is 79.9. The molecule has 1 aromatic carbocycles. The number of rotatable bonds is 2. The lowest BCUT2D eigenvalue weighted by Crippen LogP contribution is -2.44. The van der Waals surface area contributed by atoms with Crippen molar-refractivity contribution in [2.24, 2.45) is 0 Å². The molecule has 0 unspecified atom stereocenters. The number of carbonyl (C=O) groups is 1. The monoisotopic (exact) mass is 380 g/mol. The van der Waals surface area contributed by atoms with E-state index < -0.39 is 6.09 Å². The number of ether oxygens (including phenoxy) is 1. The molecule has 23 heavy (non-hydrogen) atoms. The van der Waals surface area contributed by atoms with Gasteiger partial charge in [0.05, 0.1) is 6.04 Å². The van der Waals surface area contributed by atoms with E-state index in [0.717, 1.165) is 11.1 Å². The maximum atomic E-state index is 13.0. The normalized spacial score (nSPS) is 16.7. The number of amides is 1. The van der Waals surface area contributed by atoms with Gasteiger partial charge in [0, 0.05) is 6.42 Å². The molecule has 1 atom stereocenters. The molecule has 2 heterocycles. The summed E-state index contributed by atoms with van der Waals surface area (Å²) in [5, 5.41) is 9.43. The van der Waals surface area contributed by atoms with Crippen molar-refractivity contribution in [3.8, 4) is 5.88 Å². The Balaban J connectivity index is 1.99. The molecule has 0 aliphatic carbocycles. The first-order valence-electron chi connectivity index (χ1n) is 7.04. The van der Waals surface area contributed by atoms with Crippen LogP contribution in [0.2, 0.25) is 0 Å². The second kappa shape index (κ2) is 6.16. The fraction of sp³-hybridized carbons (Fsp3) is 0.250. The van der Waals surface area contributed by atoms with E-state index in [2.05, 4.69) is 20.9 Å². The molecule has 5 nitrogen and oxygen atoms in total. The third-order valence-corrected chi connectivity index (χ3v) is 4.36. The van der Waals surface area contributed by atoms with Gasteiger partial charge in [0.1, 0.15) is 22.7 Å². The third-order valence-electron chi connectivity index (χ3n) is 3.67. The highest BCUT2D eigenvalue weighted by Crippen LogP contribution is 2.36. The quantitative estimate of drug-likeness (QED) is 0.803. The summed E-state index contributed by atoms with van der Waals surface area (Å²) in [6.07, 6.45) is -0.540. The number of pyridine rings is 1. The molecule has 3 rings (SSSR count). The number of anilines is 1. The zero-order valence-electron chi connectivity index (χ0n) is 12.3. The van der Waals surface area contributed by atoms with Gasteiger partial charge >= 0.3 is 6.09 Å². The molecule has 0 saturated heterocycles. The first-order chi connectivity index (χ1) is 11.0. The first-order valence-corrected chi connectivity index (χ1v) is 7.84. The Morgan fingerprint density at radius 3 is 2.83 bits per heavy atom. The molecule has 0 bridgehead atoms. The van der Waals surface area contributed by atoms with Gasteiger partial charge in [-0.2, -0.15) is 0 Å². The Morgan fingerprint density at radius 2 is 2.17 bits per heavy atom. The minimum atomic E-state index is -1.04. The van der Waals surface area contributed by atoms with Gasteiger partial charge in [0.15, 0.2) is 0 Å². The number of aromatic nitrogens is 1. The van der Waals surface area contributed by atoms with Crippen molar-refractivity contribution in [1.29, 1.82) is 0 Å². The Labute approximate surface area is 140 Å². The molecule has 0 fully saturated rings. The van der Waals surface area contributed by atoms with Gasteiger partial charge in [0.2, 0.25) is 5.88 Å². The summed E-state index contributed by atoms with van der Waals surface area (Å²) in [7, 11) is 0. The SMILES string of the molecule is C[C@H]1COc2nc(Br)c(Cc3ccc(F)cc3)cc2N1C(=O)O. The maximum Gasteiger partial charge on any atom is 0.412 e. The summed E-state index contributed by atoms with van der Waals surface area (Å²) < 4.78 is 19.1. The molecule has 1 aromatic heterocycles. The molecular formula is C16H14BrFN2O3. The molecule has 7 heteroatoms. The average molecular weight is 381 g/mol. The predicted octanol–water partition coefficient (Wildman–Crippen LogP) is 3.84. The summed E-state index contributed by atoms with van der Waals surface area (Å²) in [6, 6.07) is 7.62. The molecule has 0 saturated carbocycles. The van der Waals surface area contributed by atoms with E-state index in [1.807, 2.05) is 0 Å². The fourth-order valence-electron chi connectivity index (χ4n) is 2.53. The number of benzene rings is 1. The zero-order chi connectivity index (χ0) is 16.6. The largest absolute Gasteiger partial charge is 0.474 e. The molecule has 1 amide bonds. The van der Waals surface area contributed by atoms with Crippen LogP contribution in [-0.2, 0) is 6.42 Å². The zero-order valence-corrected chi connectivity index (χ0v) is 13.9. The number of hydrogen-bond acceptors (Lipinski definition) is 3. The van der Waals surface area contributed by atoms with Gasteiger partial charge in [-0.1, -0.05) is 12.1 Å². The third kappa shape index (κ3) is 3.14. The number of fused-ring (bicyclic) bond motifs is 1. The molecule has 0 radical (unpaired) electrons. The van der Waals surface area contributed by atoms with Crippen LogP contribution in [0.15, 0.2) is 34.9 Å². The molecule has 1 aliphatic heterocycles. The topological polar surface area (TPSA) is 62.7 Å². The second-order valence-corrected chi connectivity index (χ2v) is 6.13. The van der Waals surface area contributed by atoms with Crippen LogP contribution in [0, 0.1) is 5.82 Å². The van der Waals surface area contributed by atoms with Crippen LogP contribution in [0.5, 0.6) is 5.88 Å². The van der Waals surface area contributed by atoms with Crippen LogP contribution in [0.4, 0.5) is 14.9 Å². The smallest absolute Gasteiger partial charge is 0.412 e. The standard InChI is InChI=1S/C16H14BrFN2O3/c1-9-8-23-15-13(20(9)16(21)22)7-11(14(17)19-15)6-10-2-4-12(18)5-3-10/h2-5,7,9H,6,8H2,1H3,(H,21,22)/t9-/m0/s1. The van der Waals surface area contributed by atoms with Crippen LogP contribution in [0.25, 0.3) is 0 Å². The molecule has 120 valence electrons. The van der Waals surface area contributed by atoms with E-state index in [0.29, 0.717) is 22.6 Å². The van der Waals surface area contributed by atoms with Crippen molar-refractivity contribution in [1.82, 2.24) is 4.98 Å². The van der Waals surface area contributed by atoms with E-state index in [1.165, 1.54) is 17.0 Å². The minimum absolute atomic E-state index is 0.260. The van der Waals surface area contributed by atoms with Crippen LogP contribution >= 0.6 is 15.9 Å². The Kier molecular flexibility index (Phi) is 4.21. The Hall–Kier alpha value is -2.15. The molecule has 1 N–H and O–H groups in total. The van der Waals surface area contributed by atoms with Gasteiger partial charge in [-0.05, 0) is 52.2 Å². The van der Waals surface area contributed by atoms with Gasteiger partial charge < -0.3 is 9.84 Å². The van der Waals surface area contributed by atoms with Gasteiger partial charge in [0.25, 0.3) is 0 Å². The van der Waals surface area contributed by atoms with Crippen molar-refractivity contribution in [2.75, 3.05) is 11.5 Å². The van der Waals surface area contributed by atoms with E-state index in [-0.39, 0.29) is 18.5 Å². The molecular weight excluding hydrogens is 367 g/mol. The van der Waals surface area contributed by atoms with Crippen molar-refractivity contribution in [2.45, 2.75) is 19.4 Å². The number of halogens is 2. The average Bonchev–Trinajstić information content (AvgIpc) is 2.50. The van der Waals surface area contributed by atoms with Gasteiger partial charge in [-0.15, -0.1) is 0 Å².